The number of rotatable bonds is 2. The van der Waals surface area contributed by atoms with E-state index in [1.807, 2.05) is 56.3 Å². The summed E-state index contributed by atoms with van der Waals surface area (Å²) in [5.41, 5.74) is 5.85. The van der Waals surface area contributed by atoms with E-state index in [-0.39, 0.29) is 40.1 Å². The maximum absolute atomic E-state index is 4.13. The van der Waals surface area contributed by atoms with E-state index in [4.69, 9.17) is 0 Å². The van der Waals surface area contributed by atoms with Crippen molar-refractivity contribution in [1.82, 2.24) is 0 Å². The van der Waals surface area contributed by atoms with Crippen molar-refractivity contribution in [3.05, 3.63) is 65.4 Å². The third-order valence-corrected chi connectivity index (χ3v) is 2.34. The fourth-order valence-corrected chi connectivity index (χ4v) is 1.32. The maximum atomic E-state index is 4.13. The predicted octanol–water partition coefficient (Wildman–Crippen LogP) is 1.01. The Bertz CT molecular complexity index is 560. The Morgan fingerprint density at radius 2 is 1.68 bits per heavy atom. The van der Waals surface area contributed by atoms with Crippen molar-refractivity contribution >= 4 is 11.7 Å². The zero-order chi connectivity index (χ0) is 12.1. The minimum atomic E-state index is 0. The molecule has 0 atom stereocenters. The molecule has 0 unspecified atom stereocenters. The van der Waals surface area contributed by atoms with Crippen molar-refractivity contribution in [2.24, 2.45) is 9.98 Å². The first kappa shape index (κ1) is 18.1. The Labute approximate surface area is 140 Å². The summed E-state index contributed by atoms with van der Waals surface area (Å²) in [5, 5.41) is 0. The minimum absolute atomic E-state index is 0. The number of hydrogen-bond acceptors (Lipinski definition) is 2. The number of halogens is 1. The van der Waals surface area contributed by atoms with Crippen molar-refractivity contribution in [2.75, 3.05) is 0 Å². The Morgan fingerprint density at radius 1 is 1.00 bits per heavy atom. The van der Waals surface area contributed by atoms with Crippen molar-refractivity contribution in [2.45, 2.75) is 13.8 Å². The van der Waals surface area contributed by atoms with Crippen molar-refractivity contribution < 1.29 is 40.1 Å². The summed E-state index contributed by atoms with van der Waals surface area (Å²) in [4.78, 5) is 8.22. The average Bonchev–Trinajstić information content (AvgIpc) is 2.34. The van der Waals surface area contributed by atoms with Gasteiger partial charge in [-0.25, -0.2) is 0 Å². The summed E-state index contributed by atoms with van der Waals surface area (Å²) in [6.07, 6.45) is 5.78. The van der Waals surface area contributed by atoms with Crippen LogP contribution in [0, 0.1) is 12.8 Å². The van der Waals surface area contributed by atoms with E-state index in [1.165, 1.54) is 11.5 Å². The molecular formula is C15H13ClHgN2. The maximum Gasteiger partial charge on any atom is 1.00 e. The largest absolute Gasteiger partial charge is 1.00 e. The van der Waals surface area contributed by atoms with Crippen LogP contribution in [0.15, 0.2) is 63.9 Å². The van der Waals surface area contributed by atoms with Gasteiger partial charge in [-0.3, -0.25) is 0 Å². The van der Waals surface area contributed by atoms with Gasteiger partial charge in [0.15, 0.2) is 0 Å². The molecule has 1 aliphatic carbocycles. The molecule has 0 saturated heterocycles. The van der Waals surface area contributed by atoms with Crippen LogP contribution in [0.1, 0.15) is 12.5 Å². The van der Waals surface area contributed by atoms with E-state index < -0.39 is 0 Å². The molecule has 19 heavy (non-hydrogen) atoms. The van der Waals surface area contributed by atoms with Gasteiger partial charge in [0.05, 0.1) is 5.69 Å². The molecule has 0 amide bonds. The van der Waals surface area contributed by atoms with E-state index in [1.54, 1.807) is 0 Å². The van der Waals surface area contributed by atoms with Gasteiger partial charge in [-0.05, 0) is 31.2 Å². The second-order valence-corrected chi connectivity index (χ2v) is 3.91. The molecular weight excluding hydrogens is 444 g/mol. The second-order valence-electron chi connectivity index (χ2n) is 3.91. The summed E-state index contributed by atoms with van der Waals surface area (Å²) in [6.45, 7) is 4.06. The van der Waals surface area contributed by atoms with E-state index >= 15 is 0 Å². The van der Waals surface area contributed by atoms with Gasteiger partial charge in [0.1, 0.15) is 11.7 Å². The van der Waals surface area contributed by atoms with Crippen LogP contribution in [0.5, 0.6) is 0 Å². The molecule has 0 heterocycles. The van der Waals surface area contributed by atoms with Crippen molar-refractivity contribution in [1.29, 1.82) is 0 Å². The molecule has 0 aliphatic heterocycles. The molecule has 4 heteroatoms. The number of nitrogens with zero attached hydrogens (tertiary/aromatic N) is 2. The molecule has 2 nitrogen and oxygen atoms in total. The topological polar surface area (TPSA) is 24.7 Å². The van der Waals surface area contributed by atoms with Gasteiger partial charge in [0, 0.05) is 5.92 Å². The predicted molar refractivity (Wildman–Crippen MR) is 70.4 cm³/mol. The SMILES string of the molecule is C[C]1C=C=C(N=C=Nc2ccc(C)cc2)C=C1.[Cl-].[Hg+]. The molecule has 0 saturated carbocycles. The van der Waals surface area contributed by atoms with Crippen LogP contribution in [-0.4, -0.2) is 6.01 Å². The molecule has 0 bridgehead atoms. The number of hydrogen-bond donors (Lipinski definition) is 0. The number of aliphatic imine (C=N–C) groups is 2. The molecule has 0 fully saturated rings. The molecule has 2 radical (unpaired) electrons. The number of allylic oxidation sites excluding steroid dienone is 2. The van der Waals surface area contributed by atoms with E-state index in [9.17, 15) is 0 Å². The molecule has 2 rings (SSSR count). The van der Waals surface area contributed by atoms with Gasteiger partial charge in [-0.2, -0.15) is 9.98 Å². The molecule has 0 aromatic heterocycles. The van der Waals surface area contributed by atoms with Crippen molar-refractivity contribution in [3.8, 4) is 0 Å². The Kier molecular flexibility index (Phi) is 8.63. The summed E-state index contributed by atoms with van der Waals surface area (Å²) < 4.78 is 0. The quantitative estimate of drug-likeness (QED) is 0.360. The zero-order valence-electron chi connectivity index (χ0n) is 11.0. The van der Waals surface area contributed by atoms with E-state index in [0.29, 0.717) is 0 Å². The van der Waals surface area contributed by atoms with Gasteiger partial charge in [-0.1, -0.05) is 36.4 Å². The standard InChI is InChI=1S/C15H13N2.ClH.Hg/c1-12-3-7-14(8-4-12)16-11-17-15-9-5-13(2)6-10-15;;/h3-9H,1-2H3;1H;/q;;+1/p-1. The van der Waals surface area contributed by atoms with Crippen molar-refractivity contribution in [3.63, 3.8) is 0 Å². The molecule has 0 N–H and O–H groups in total. The third-order valence-electron chi connectivity index (χ3n) is 2.34. The van der Waals surface area contributed by atoms with Crippen LogP contribution < -0.4 is 12.4 Å². The first-order valence-corrected chi connectivity index (χ1v) is 5.45. The molecule has 1 aromatic carbocycles. The first-order chi connectivity index (χ1) is 8.24. The number of aryl methyl sites for hydroxylation is 1. The smallest absolute Gasteiger partial charge is 1.00 e. The van der Waals surface area contributed by atoms with Crippen LogP contribution >= 0.6 is 0 Å². The van der Waals surface area contributed by atoms with Gasteiger partial charge >= 0.3 is 27.7 Å². The summed E-state index contributed by atoms with van der Waals surface area (Å²) in [5.74, 6) is 1.17. The second kappa shape index (κ2) is 9.06. The van der Waals surface area contributed by atoms with Gasteiger partial charge < -0.3 is 12.4 Å². The molecule has 92 valence electrons. The molecule has 1 aromatic rings. The monoisotopic (exact) mass is 458 g/mol. The van der Waals surface area contributed by atoms with Gasteiger partial charge in [0.2, 0.25) is 0 Å². The summed E-state index contributed by atoms with van der Waals surface area (Å²) >= 11 is 0. The summed E-state index contributed by atoms with van der Waals surface area (Å²) in [7, 11) is 0. The average molecular weight is 457 g/mol. The first-order valence-electron chi connectivity index (χ1n) is 5.45. The van der Waals surface area contributed by atoms with Crippen LogP contribution in [0.4, 0.5) is 5.69 Å². The minimum Gasteiger partial charge on any atom is -1.00 e. The fraction of sp³-hybridized carbons (Fsp3) is 0.133. The normalized spacial score (nSPS) is 12.6. The van der Waals surface area contributed by atoms with Crippen LogP contribution in [-0.2, 0) is 27.7 Å². The van der Waals surface area contributed by atoms with Gasteiger partial charge in [-0.15, -0.1) is 0 Å². The Hall–Kier alpha value is -0.915. The molecule has 1 aliphatic rings. The third kappa shape index (κ3) is 6.18. The fourth-order valence-electron chi connectivity index (χ4n) is 1.32. The zero-order valence-corrected chi connectivity index (χ0v) is 17.3. The van der Waals surface area contributed by atoms with E-state index in [2.05, 4.69) is 21.7 Å². The summed E-state index contributed by atoms with van der Waals surface area (Å²) in [6, 6.07) is 10.6. The van der Waals surface area contributed by atoms with E-state index in [0.717, 1.165) is 11.4 Å². The molecule has 0 spiro atoms. The van der Waals surface area contributed by atoms with Gasteiger partial charge in [0.25, 0.3) is 0 Å². The van der Waals surface area contributed by atoms with Crippen LogP contribution in [0.3, 0.4) is 0 Å². The van der Waals surface area contributed by atoms with Crippen LogP contribution in [0.2, 0.25) is 0 Å². The van der Waals surface area contributed by atoms with Crippen LogP contribution in [0.25, 0.3) is 0 Å². The number of benzene rings is 1. The Morgan fingerprint density at radius 3 is 2.26 bits per heavy atom. The Balaban J connectivity index is 0.00000162.